The van der Waals surface area contributed by atoms with Gasteiger partial charge in [-0.2, -0.15) is 0 Å². The van der Waals surface area contributed by atoms with Gasteiger partial charge in [-0.05, 0) is 29.8 Å². The molecule has 6 heteroatoms. The van der Waals surface area contributed by atoms with E-state index in [2.05, 4.69) is 10.6 Å². The van der Waals surface area contributed by atoms with E-state index in [9.17, 15) is 4.79 Å². The third kappa shape index (κ3) is 2.00. The second-order valence-corrected chi connectivity index (χ2v) is 5.09. The molecule has 4 rings (SSSR count). The molecule has 0 saturated heterocycles. The highest BCUT2D eigenvalue weighted by Crippen LogP contribution is 2.41. The molecule has 0 radical (unpaired) electrons. The van der Waals surface area contributed by atoms with Crippen LogP contribution in [0, 0.1) is 0 Å². The lowest BCUT2D eigenvalue weighted by atomic mass is 10.1. The molecule has 2 aliphatic rings. The molecule has 2 aliphatic heterocycles. The molecule has 0 aromatic heterocycles. The van der Waals surface area contributed by atoms with Gasteiger partial charge in [-0.25, -0.2) is 4.79 Å². The van der Waals surface area contributed by atoms with Gasteiger partial charge >= 0.3 is 5.97 Å². The molecule has 0 unspecified atom stereocenters. The quantitative estimate of drug-likeness (QED) is 0.789. The van der Waals surface area contributed by atoms with Crippen LogP contribution >= 0.6 is 0 Å². The van der Waals surface area contributed by atoms with E-state index in [1.54, 1.807) is 12.1 Å². The lowest BCUT2D eigenvalue weighted by Crippen LogP contribution is -2.03. The molecule has 2 heterocycles. The van der Waals surface area contributed by atoms with E-state index < -0.39 is 0 Å². The van der Waals surface area contributed by atoms with Crippen LogP contribution in [-0.4, -0.2) is 19.9 Å². The summed E-state index contributed by atoms with van der Waals surface area (Å²) >= 11 is 0. The predicted molar refractivity (Wildman–Crippen MR) is 81.0 cm³/mol. The van der Waals surface area contributed by atoms with Gasteiger partial charge in [0.05, 0.1) is 24.0 Å². The average molecular weight is 298 g/mol. The van der Waals surface area contributed by atoms with Crippen molar-refractivity contribution in [2.24, 2.45) is 0 Å². The number of nitrogens with one attached hydrogen (secondary N) is 2. The van der Waals surface area contributed by atoms with E-state index in [1.165, 1.54) is 7.11 Å². The van der Waals surface area contributed by atoms with Crippen LogP contribution in [0.1, 0.15) is 15.9 Å². The molecule has 0 amide bonds. The number of rotatable bonds is 1. The smallest absolute Gasteiger partial charge is 0.337 e. The third-order valence-corrected chi connectivity index (χ3v) is 3.78. The topological polar surface area (TPSA) is 68.8 Å². The fourth-order valence-electron chi connectivity index (χ4n) is 2.63. The van der Waals surface area contributed by atoms with Crippen molar-refractivity contribution in [2.45, 2.75) is 6.54 Å². The van der Waals surface area contributed by atoms with E-state index in [1.807, 2.05) is 18.2 Å². The van der Waals surface area contributed by atoms with Crippen LogP contribution in [0.4, 0.5) is 17.1 Å². The summed E-state index contributed by atoms with van der Waals surface area (Å²) in [6.45, 7) is 0.876. The van der Waals surface area contributed by atoms with E-state index in [4.69, 9.17) is 14.2 Å². The predicted octanol–water partition coefficient (Wildman–Crippen LogP) is 2.87. The zero-order valence-electron chi connectivity index (χ0n) is 11.9. The molecule has 2 aromatic rings. The number of hydrogen-bond acceptors (Lipinski definition) is 6. The largest absolute Gasteiger partial charge is 0.465 e. The number of benzene rings is 2. The van der Waals surface area contributed by atoms with Gasteiger partial charge in [-0.15, -0.1) is 0 Å². The summed E-state index contributed by atoms with van der Waals surface area (Å²) in [4.78, 5) is 11.6. The van der Waals surface area contributed by atoms with Crippen molar-refractivity contribution < 1.29 is 19.0 Å². The summed E-state index contributed by atoms with van der Waals surface area (Å²) in [5.74, 6) is 1.14. The van der Waals surface area contributed by atoms with Crippen molar-refractivity contribution in [3.63, 3.8) is 0 Å². The first-order chi connectivity index (χ1) is 10.7. The lowest BCUT2D eigenvalue weighted by Gasteiger charge is -2.10. The summed E-state index contributed by atoms with van der Waals surface area (Å²) in [5.41, 5.74) is 4.28. The SMILES string of the molecule is COC(=O)c1ccc2c(c1)NCc1cc3c(cc1N2)OCO3. The standard InChI is InChI=1S/C16H14N2O4/c1-20-16(19)9-2-3-11-13(4-9)17-7-10-5-14-15(22-8-21-14)6-12(10)18-11/h2-6,17-18H,7-8H2,1H3. The zero-order chi connectivity index (χ0) is 15.1. The summed E-state index contributed by atoms with van der Waals surface area (Å²) in [7, 11) is 1.37. The Hall–Kier alpha value is -2.89. The molecule has 6 nitrogen and oxygen atoms in total. The van der Waals surface area contributed by atoms with Gasteiger partial charge < -0.3 is 24.8 Å². The molecule has 0 spiro atoms. The molecule has 0 aliphatic carbocycles. The second kappa shape index (κ2) is 4.84. The molecule has 0 saturated carbocycles. The normalized spacial score (nSPS) is 14.0. The highest BCUT2D eigenvalue weighted by atomic mass is 16.7. The number of esters is 1. The lowest BCUT2D eigenvalue weighted by molar-refractivity contribution is 0.0601. The van der Waals surface area contributed by atoms with Crippen LogP contribution in [0.15, 0.2) is 30.3 Å². The van der Waals surface area contributed by atoms with Gasteiger partial charge in [-0.3, -0.25) is 0 Å². The average Bonchev–Trinajstić information content (AvgIpc) is 2.92. The Morgan fingerprint density at radius 3 is 2.73 bits per heavy atom. The maximum Gasteiger partial charge on any atom is 0.337 e. The minimum Gasteiger partial charge on any atom is -0.465 e. The minimum atomic E-state index is -0.355. The van der Waals surface area contributed by atoms with Crippen molar-refractivity contribution in [1.82, 2.24) is 0 Å². The Kier molecular flexibility index (Phi) is 2.82. The number of hydrogen-bond donors (Lipinski definition) is 2. The fraction of sp³-hybridized carbons (Fsp3) is 0.188. The van der Waals surface area contributed by atoms with Crippen LogP contribution in [0.2, 0.25) is 0 Å². The second-order valence-electron chi connectivity index (χ2n) is 5.09. The van der Waals surface area contributed by atoms with Crippen LogP contribution in [0.25, 0.3) is 0 Å². The summed E-state index contributed by atoms with van der Waals surface area (Å²) < 4.78 is 15.6. The molecule has 2 N–H and O–H groups in total. The Bertz CT molecular complexity index is 773. The van der Waals surface area contributed by atoms with Gasteiger partial charge in [0, 0.05) is 18.3 Å². The Morgan fingerprint density at radius 2 is 1.91 bits per heavy atom. The highest BCUT2D eigenvalue weighted by Gasteiger charge is 2.20. The third-order valence-electron chi connectivity index (χ3n) is 3.78. The number of carbonyl (C=O) groups is 1. The van der Waals surface area contributed by atoms with Crippen LogP contribution in [0.5, 0.6) is 11.5 Å². The van der Waals surface area contributed by atoms with Gasteiger partial charge in [0.25, 0.3) is 0 Å². The summed E-state index contributed by atoms with van der Waals surface area (Å²) in [5, 5.41) is 6.69. The summed E-state index contributed by atoms with van der Waals surface area (Å²) in [6, 6.07) is 9.26. The van der Waals surface area contributed by atoms with E-state index >= 15 is 0 Å². The Morgan fingerprint density at radius 1 is 1.09 bits per heavy atom. The molecule has 2 aromatic carbocycles. The molecule has 0 atom stereocenters. The maximum atomic E-state index is 11.6. The molecule has 112 valence electrons. The zero-order valence-corrected chi connectivity index (χ0v) is 11.9. The highest BCUT2D eigenvalue weighted by molar-refractivity contribution is 5.93. The van der Waals surface area contributed by atoms with Crippen molar-refractivity contribution in [3.8, 4) is 11.5 Å². The summed E-state index contributed by atoms with van der Waals surface area (Å²) in [6.07, 6.45) is 0. The van der Waals surface area contributed by atoms with Crippen molar-refractivity contribution in [1.29, 1.82) is 0 Å². The first-order valence-electron chi connectivity index (χ1n) is 6.90. The van der Waals surface area contributed by atoms with Crippen molar-refractivity contribution >= 4 is 23.0 Å². The van der Waals surface area contributed by atoms with Gasteiger partial charge in [0.15, 0.2) is 11.5 Å². The van der Waals surface area contributed by atoms with Crippen LogP contribution in [-0.2, 0) is 11.3 Å². The number of methoxy groups -OCH3 is 1. The fourth-order valence-corrected chi connectivity index (χ4v) is 2.63. The molecular weight excluding hydrogens is 284 g/mol. The minimum absolute atomic E-state index is 0.255. The molecular formula is C16H14N2O4. The van der Waals surface area contributed by atoms with Crippen molar-refractivity contribution in [3.05, 3.63) is 41.5 Å². The van der Waals surface area contributed by atoms with Gasteiger partial charge in [0.1, 0.15) is 0 Å². The van der Waals surface area contributed by atoms with E-state index in [0.717, 1.165) is 34.1 Å². The van der Waals surface area contributed by atoms with Gasteiger partial charge in [0.2, 0.25) is 6.79 Å². The first kappa shape index (κ1) is 12.8. The van der Waals surface area contributed by atoms with Crippen LogP contribution in [0.3, 0.4) is 0 Å². The monoisotopic (exact) mass is 298 g/mol. The number of ether oxygens (including phenoxy) is 3. The van der Waals surface area contributed by atoms with Crippen LogP contribution < -0.4 is 20.1 Å². The Balaban J connectivity index is 1.72. The van der Waals surface area contributed by atoms with E-state index in [0.29, 0.717) is 12.1 Å². The maximum absolute atomic E-state index is 11.6. The molecule has 0 fully saturated rings. The number of fused-ring (bicyclic) bond motifs is 3. The first-order valence-corrected chi connectivity index (χ1v) is 6.90. The molecule has 22 heavy (non-hydrogen) atoms. The van der Waals surface area contributed by atoms with E-state index in [-0.39, 0.29) is 12.8 Å². The Labute approximate surface area is 127 Å². The number of anilines is 3. The van der Waals surface area contributed by atoms with Gasteiger partial charge in [-0.1, -0.05) is 0 Å². The molecule has 0 bridgehead atoms. The van der Waals surface area contributed by atoms with Crippen molar-refractivity contribution in [2.75, 3.05) is 24.5 Å². The number of carbonyl (C=O) groups excluding carboxylic acids is 1.